The summed E-state index contributed by atoms with van der Waals surface area (Å²) in [6, 6.07) is 9.10. The van der Waals surface area contributed by atoms with Gasteiger partial charge < -0.3 is 5.73 Å². The fourth-order valence-electron chi connectivity index (χ4n) is 1.07. The molecule has 66 valence electrons. The van der Waals surface area contributed by atoms with Crippen LogP contribution in [0.1, 0.15) is 0 Å². The van der Waals surface area contributed by atoms with E-state index in [1.807, 2.05) is 18.2 Å². The van der Waals surface area contributed by atoms with E-state index in [9.17, 15) is 4.48 Å². The van der Waals surface area contributed by atoms with Crippen molar-refractivity contribution in [3.05, 3.63) is 30.3 Å². The van der Waals surface area contributed by atoms with Crippen LogP contribution in [0.25, 0.3) is 11.3 Å². The molecule has 0 aliphatic heterocycles. The molecule has 0 radical (unpaired) electrons. The van der Waals surface area contributed by atoms with Crippen LogP contribution in [0, 0.1) is 0 Å². The van der Waals surface area contributed by atoms with Crippen LogP contribution < -0.4 is 5.73 Å². The molecule has 0 saturated carbocycles. The predicted octanol–water partition coefficient (Wildman–Crippen LogP) is 1.26. The van der Waals surface area contributed by atoms with Crippen LogP contribution >= 0.6 is 0 Å². The fraction of sp³-hybridized carbons (Fsp3) is 0. The van der Waals surface area contributed by atoms with Crippen molar-refractivity contribution in [2.45, 2.75) is 0 Å². The molecule has 0 spiro atoms. The lowest BCUT2D eigenvalue weighted by Gasteiger charge is -1.95. The Hall–Kier alpha value is -1.91. The number of anilines is 1. The molecule has 1 aromatic carbocycles. The summed E-state index contributed by atoms with van der Waals surface area (Å²) >= 11 is 0. The zero-order valence-electron chi connectivity index (χ0n) is 6.68. The maximum absolute atomic E-state index is 12.6. The highest BCUT2D eigenvalue weighted by Gasteiger charge is 2.10. The van der Waals surface area contributed by atoms with E-state index in [-0.39, 0.29) is 10.7 Å². The van der Waals surface area contributed by atoms with Gasteiger partial charge in [-0.25, -0.2) is 0 Å². The van der Waals surface area contributed by atoms with E-state index >= 15 is 0 Å². The average Bonchev–Trinajstić information content (AvgIpc) is 2.49. The standard InChI is InChI=1S/C8H7FN4/c9-13-8(10)7(11-12-13)6-4-2-1-3-5-6/h1-5H,10H2. The van der Waals surface area contributed by atoms with Gasteiger partial charge in [-0.15, -0.1) is 5.10 Å². The van der Waals surface area contributed by atoms with Gasteiger partial charge in [0.05, 0.1) is 0 Å². The summed E-state index contributed by atoms with van der Waals surface area (Å²) in [4.78, 5) is 0.0579. The lowest BCUT2D eigenvalue weighted by Crippen LogP contribution is -1.94. The summed E-state index contributed by atoms with van der Waals surface area (Å²) in [5.41, 5.74) is 6.52. The predicted molar refractivity (Wildman–Crippen MR) is 46.4 cm³/mol. The van der Waals surface area contributed by atoms with Gasteiger partial charge in [-0.3, -0.25) is 0 Å². The summed E-state index contributed by atoms with van der Waals surface area (Å²) in [6.45, 7) is 0. The van der Waals surface area contributed by atoms with Crippen LogP contribution in [0.3, 0.4) is 0 Å². The zero-order chi connectivity index (χ0) is 9.26. The van der Waals surface area contributed by atoms with E-state index in [2.05, 4.69) is 10.3 Å². The molecule has 5 heteroatoms. The molecular formula is C8H7FN4. The van der Waals surface area contributed by atoms with Crippen LogP contribution in [0.2, 0.25) is 0 Å². The SMILES string of the molecule is Nc1c(-c2ccccc2)nnn1F. The topological polar surface area (TPSA) is 56.7 Å². The smallest absolute Gasteiger partial charge is 0.186 e. The molecule has 13 heavy (non-hydrogen) atoms. The zero-order valence-corrected chi connectivity index (χ0v) is 6.68. The first-order valence-corrected chi connectivity index (χ1v) is 3.72. The number of hydrogen-bond acceptors (Lipinski definition) is 3. The molecule has 0 aliphatic carbocycles. The van der Waals surface area contributed by atoms with Gasteiger partial charge in [-0.2, -0.15) is 0 Å². The van der Waals surface area contributed by atoms with Gasteiger partial charge in [0.1, 0.15) is 5.69 Å². The highest BCUT2D eigenvalue weighted by Crippen LogP contribution is 2.21. The number of nitrogen functional groups attached to an aromatic ring is 1. The Labute approximate surface area is 73.7 Å². The Morgan fingerprint density at radius 2 is 1.92 bits per heavy atom. The van der Waals surface area contributed by atoms with Crippen molar-refractivity contribution in [1.82, 2.24) is 15.2 Å². The molecule has 0 unspecified atom stereocenters. The van der Waals surface area contributed by atoms with Crippen LogP contribution in [0.5, 0.6) is 0 Å². The number of rotatable bonds is 1. The van der Waals surface area contributed by atoms with Gasteiger partial charge in [0.15, 0.2) is 5.82 Å². The average molecular weight is 178 g/mol. The molecular weight excluding hydrogens is 171 g/mol. The Kier molecular flexibility index (Phi) is 1.70. The van der Waals surface area contributed by atoms with Gasteiger partial charge in [0.2, 0.25) is 0 Å². The first kappa shape index (κ1) is 7.72. The van der Waals surface area contributed by atoms with Crippen LogP contribution in [-0.2, 0) is 0 Å². The molecule has 1 aromatic heterocycles. The van der Waals surface area contributed by atoms with Crippen molar-refractivity contribution in [3.8, 4) is 11.3 Å². The molecule has 4 nitrogen and oxygen atoms in total. The van der Waals surface area contributed by atoms with Crippen molar-refractivity contribution in [2.24, 2.45) is 0 Å². The normalized spacial score (nSPS) is 10.2. The maximum Gasteiger partial charge on any atom is 0.186 e. The molecule has 0 atom stereocenters. The summed E-state index contributed by atoms with van der Waals surface area (Å²) in [5, 5.41) is 6.77. The summed E-state index contributed by atoms with van der Waals surface area (Å²) < 4.78 is 12.6. The molecule has 0 saturated heterocycles. The second-order valence-electron chi connectivity index (χ2n) is 2.55. The van der Waals surface area contributed by atoms with Crippen molar-refractivity contribution in [3.63, 3.8) is 0 Å². The first-order chi connectivity index (χ1) is 6.29. The number of hydrogen-bond donors (Lipinski definition) is 1. The number of halogens is 1. The quantitative estimate of drug-likeness (QED) is 0.715. The third kappa shape index (κ3) is 1.24. The number of nitrogens with two attached hydrogens (primary N) is 1. The number of aromatic nitrogens is 3. The molecule has 1 heterocycles. The lowest BCUT2D eigenvalue weighted by atomic mass is 10.2. The third-order valence-electron chi connectivity index (χ3n) is 1.71. The van der Waals surface area contributed by atoms with Crippen LogP contribution in [0.15, 0.2) is 30.3 Å². The van der Waals surface area contributed by atoms with Gasteiger partial charge in [0.25, 0.3) is 0 Å². The Morgan fingerprint density at radius 1 is 1.23 bits per heavy atom. The van der Waals surface area contributed by atoms with Gasteiger partial charge in [-0.1, -0.05) is 39.7 Å². The van der Waals surface area contributed by atoms with Crippen LogP contribution in [0.4, 0.5) is 10.3 Å². The molecule has 0 aliphatic rings. The Balaban J connectivity index is 2.53. The minimum atomic E-state index is -0.0776. The van der Waals surface area contributed by atoms with E-state index in [4.69, 9.17) is 5.73 Å². The molecule has 0 fully saturated rings. The molecule has 2 N–H and O–H groups in total. The van der Waals surface area contributed by atoms with Gasteiger partial charge in [0, 0.05) is 5.56 Å². The van der Waals surface area contributed by atoms with E-state index in [1.165, 1.54) is 0 Å². The largest absolute Gasteiger partial charge is 0.380 e. The van der Waals surface area contributed by atoms with Crippen molar-refractivity contribution < 1.29 is 4.48 Å². The first-order valence-electron chi connectivity index (χ1n) is 3.72. The second-order valence-corrected chi connectivity index (χ2v) is 2.55. The molecule has 0 amide bonds. The minimum Gasteiger partial charge on any atom is -0.380 e. The monoisotopic (exact) mass is 178 g/mol. The van der Waals surface area contributed by atoms with Crippen LogP contribution in [-0.4, -0.2) is 15.2 Å². The highest BCUT2D eigenvalue weighted by molar-refractivity contribution is 5.69. The van der Waals surface area contributed by atoms with E-state index in [0.29, 0.717) is 5.69 Å². The summed E-state index contributed by atoms with van der Waals surface area (Å²) in [5.74, 6) is -0.0776. The van der Waals surface area contributed by atoms with E-state index < -0.39 is 0 Å². The van der Waals surface area contributed by atoms with Gasteiger partial charge in [-0.05, 0) is 5.21 Å². The Bertz CT molecular complexity index is 409. The number of nitrogens with zero attached hydrogens (tertiary/aromatic N) is 3. The number of benzene rings is 1. The summed E-state index contributed by atoms with van der Waals surface area (Å²) in [6.07, 6.45) is 0. The van der Waals surface area contributed by atoms with E-state index in [1.54, 1.807) is 12.1 Å². The lowest BCUT2D eigenvalue weighted by molar-refractivity contribution is 0.313. The van der Waals surface area contributed by atoms with Crippen molar-refractivity contribution in [2.75, 3.05) is 5.73 Å². The third-order valence-corrected chi connectivity index (χ3v) is 1.71. The highest BCUT2D eigenvalue weighted by atomic mass is 19.2. The maximum atomic E-state index is 12.6. The van der Waals surface area contributed by atoms with Crippen molar-refractivity contribution >= 4 is 5.82 Å². The molecule has 2 aromatic rings. The molecule has 2 rings (SSSR count). The van der Waals surface area contributed by atoms with Gasteiger partial charge >= 0.3 is 0 Å². The minimum absolute atomic E-state index is 0.0579. The summed E-state index contributed by atoms with van der Waals surface area (Å²) in [7, 11) is 0. The van der Waals surface area contributed by atoms with E-state index in [0.717, 1.165) is 5.56 Å². The fourth-order valence-corrected chi connectivity index (χ4v) is 1.07. The molecule has 0 bridgehead atoms. The Morgan fingerprint density at radius 3 is 2.46 bits per heavy atom. The van der Waals surface area contributed by atoms with Crippen molar-refractivity contribution in [1.29, 1.82) is 0 Å². The second kappa shape index (κ2) is 2.85.